The lowest BCUT2D eigenvalue weighted by atomic mass is 10.1. The minimum absolute atomic E-state index is 0.239. The lowest BCUT2D eigenvalue weighted by Crippen LogP contribution is -2.52. The number of hydrogen-bond donors (Lipinski definition) is 1. The summed E-state index contributed by atoms with van der Waals surface area (Å²) >= 11 is 1.30. The topological polar surface area (TPSA) is 94.8 Å². The molecule has 0 radical (unpaired) electrons. The number of carbonyl (C=O) groups excluding carboxylic acids is 1. The molecule has 0 saturated carbocycles. The zero-order chi connectivity index (χ0) is 17.9. The number of rotatable bonds is 4. The minimum Gasteiger partial charge on any atom is -0.472 e. The van der Waals surface area contributed by atoms with Crippen molar-refractivity contribution in [1.82, 2.24) is 19.7 Å². The summed E-state index contributed by atoms with van der Waals surface area (Å²) in [5.74, 6) is 0.127. The van der Waals surface area contributed by atoms with Crippen LogP contribution in [0.2, 0.25) is 0 Å². The third kappa shape index (κ3) is 3.44. The number of hydrogen-bond acceptors (Lipinski definition) is 7. The van der Waals surface area contributed by atoms with Crippen LogP contribution in [0.5, 0.6) is 5.88 Å². The van der Waals surface area contributed by atoms with Gasteiger partial charge in [0.1, 0.15) is 11.8 Å². The van der Waals surface area contributed by atoms with Crippen molar-refractivity contribution in [1.29, 1.82) is 0 Å². The van der Waals surface area contributed by atoms with Crippen LogP contribution in [0.15, 0.2) is 46.8 Å². The van der Waals surface area contributed by atoms with Gasteiger partial charge in [-0.1, -0.05) is 6.07 Å². The van der Waals surface area contributed by atoms with Gasteiger partial charge in [-0.25, -0.2) is 4.98 Å². The van der Waals surface area contributed by atoms with Crippen molar-refractivity contribution in [3.05, 3.63) is 58.1 Å². The summed E-state index contributed by atoms with van der Waals surface area (Å²) in [7, 11) is 0. The fraction of sp³-hybridized carbons (Fsp3) is 0.294. The molecule has 0 aliphatic carbocycles. The van der Waals surface area contributed by atoms with Crippen molar-refractivity contribution < 1.29 is 14.3 Å². The molecular formula is C17H16N4O4S. The summed E-state index contributed by atoms with van der Waals surface area (Å²) in [4.78, 5) is 33.0. The van der Waals surface area contributed by atoms with Gasteiger partial charge in [0.2, 0.25) is 5.88 Å². The van der Waals surface area contributed by atoms with Crippen molar-refractivity contribution in [3.8, 4) is 5.88 Å². The Morgan fingerprint density at radius 1 is 1.42 bits per heavy atom. The van der Waals surface area contributed by atoms with Gasteiger partial charge in [-0.05, 0) is 6.07 Å². The second kappa shape index (κ2) is 7.22. The summed E-state index contributed by atoms with van der Waals surface area (Å²) in [5, 5.41) is 4.69. The lowest BCUT2D eigenvalue weighted by molar-refractivity contribution is -0.00456. The zero-order valence-electron chi connectivity index (χ0n) is 13.7. The molecule has 1 aliphatic heterocycles. The number of ether oxygens (including phenoxy) is 2. The predicted molar refractivity (Wildman–Crippen MR) is 94.7 cm³/mol. The molecule has 134 valence electrons. The summed E-state index contributed by atoms with van der Waals surface area (Å²) in [6.45, 7) is 0.878. The standard InChI is InChI=1S/C17H16N4O4S/c22-14-9-12(21-6-8-26-17(21)20-14)16(23)19-11-10-24-7-4-13(11)25-15-3-1-2-5-18-15/h1-3,5-6,8-9,11,13H,4,7,10H2,(H,19,23)/t11-,13-/m1/s1. The first-order valence-electron chi connectivity index (χ1n) is 8.14. The number of amides is 1. The van der Waals surface area contributed by atoms with E-state index in [4.69, 9.17) is 9.47 Å². The van der Waals surface area contributed by atoms with E-state index >= 15 is 0 Å². The number of pyridine rings is 1. The van der Waals surface area contributed by atoms with E-state index in [1.807, 2.05) is 12.1 Å². The molecule has 26 heavy (non-hydrogen) atoms. The van der Waals surface area contributed by atoms with Crippen LogP contribution in [0.25, 0.3) is 4.96 Å². The molecular weight excluding hydrogens is 356 g/mol. The second-order valence-electron chi connectivity index (χ2n) is 5.80. The Balaban J connectivity index is 1.55. The zero-order valence-corrected chi connectivity index (χ0v) is 14.5. The summed E-state index contributed by atoms with van der Waals surface area (Å²) in [5.41, 5.74) is -0.206. The average molecular weight is 372 g/mol. The van der Waals surface area contributed by atoms with Crippen molar-refractivity contribution in [2.75, 3.05) is 13.2 Å². The fourth-order valence-corrected chi connectivity index (χ4v) is 3.55. The first-order valence-corrected chi connectivity index (χ1v) is 9.02. The molecule has 1 saturated heterocycles. The molecule has 1 N–H and O–H groups in total. The number of nitrogens with one attached hydrogen (secondary N) is 1. The highest BCUT2D eigenvalue weighted by atomic mass is 32.1. The number of aromatic nitrogens is 3. The smallest absolute Gasteiger partial charge is 0.274 e. The van der Waals surface area contributed by atoms with Crippen LogP contribution in [0.1, 0.15) is 16.9 Å². The molecule has 2 atom stereocenters. The van der Waals surface area contributed by atoms with Gasteiger partial charge >= 0.3 is 0 Å². The first kappa shape index (κ1) is 16.7. The first-order chi connectivity index (χ1) is 12.7. The fourth-order valence-electron chi connectivity index (χ4n) is 2.83. The highest BCUT2D eigenvalue weighted by Gasteiger charge is 2.30. The van der Waals surface area contributed by atoms with Gasteiger partial charge in [0.25, 0.3) is 11.5 Å². The van der Waals surface area contributed by atoms with Gasteiger partial charge in [-0.2, -0.15) is 4.98 Å². The monoisotopic (exact) mass is 372 g/mol. The second-order valence-corrected chi connectivity index (χ2v) is 6.68. The van der Waals surface area contributed by atoms with Gasteiger partial charge in [0, 0.05) is 36.3 Å². The SMILES string of the molecule is O=C(N[C@@H]1COCC[C@H]1Oc1ccccn1)c1cc(=O)nc2sccn12. The van der Waals surface area contributed by atoms with Crippen molar-refractivity contribution >= 4 is 22.2 Å². The lowest BCUT2D eigenvalue weighted by Gasteiger charge is -2.32. The Morgan fingerprint density at radius 3 is 3.19 bits per heavy atom. The highest BCUT2D eigenvalue weighted by Crippen LogP contribution is 2.17. The van der Waals surface area contributed by atoms with Crippen LogP contribution in [0.3, 0.4) is 0 Å². The minimum atomic E-state index is -0.446. The Kier molecular flexibility index (Phi) is 4.63. The molecule has 0 aromatic carbocycles. The number of carbonyl (C=O) groups is 1. The maximum Gasteiger partial charge on any atom is 0.274 e. The maximum absolute atomic E-state index is 12.8. The molecule has 1 fully saturated rings. The Hall–Kier alpha value is -2.78. The third-order valence-electron chi connectivity index (χ3n) is 4.07. The molecule has 0 bridgehead atoms. The van der Waals surface area contributed by atoms with Crippen LogP contribution in [-0.2, 0) is 4.74 Å². The molecule has 4 rings (SSSR count). The molecule has 1 aliphatic rings. The van der Waals surface area contributed by atoms with E-state index in [2.05, 4.69) is 15.3 Å². The van der Waals surface area contributed by atoms with E-state index in [0.29, 0.717) is 30.5 Å². The van der Waals surface area contributed by atoms with Crippen LogP contribution >= 0.6 is 11.3 Å². The molecule has 0 unspecified atom stereocenters. The van der Waals surface area contributed by atoms with E-state index < -0.39 is 5.56 Å². The van der Waals surface area contributed by atoms with E-state index in [9.17, 15) is 9.59 Å². The van der Waals surface area contributed by atoms with Gasteiger partial charge in [0.15, 0.2) is 4.96 Å². The van der Waals surface area contributed by atoms with E-state index in [0.717, 1.165) is 0 Å². The highest BCUT2D eigenvalue weighted by molar-refractivity contribution is 7.15. The molecule has 4 heterocycles. The third-order valence-corrected chi connectivity index (χ3v) is 4.82. The largest absolute Gasteiger partial charge is 0.472 e. The molecule has 3 aromatic rings. The molecule has 1 amide bonds. The normalized spacial score (nSPS) is 20.0. The Bertz CT molecular complexity index is 972. The predicted octanol–water partition coefficient (Wildman–Crippen LogP) is 1.12. The number of nitrogens with zero attached hydrogens (tertiary/aromatic N) is 3. The van der Waals surface area contributed by atoms with Gasteiger partial charge < -0.3 is 14.8 Å². The summed E-state index contributed by atoms with van der Waals surface area (Å²) in [6.07, 6.45) is 3.73. The van der Waals surface area contributed by atoms with Crippen LogP contribution in [0.4, 0.5) is 0 Å². The number of fused-ring (bicyclic) bond motifs is 1. The Morgan fingerprint density at radius 2 is 2.35 bits per heavy atom. The molecule has 8 nitrogen and oxygen atoms in total. The van der Waals surface area contributed by atoms with Gasteiger partial charge in [-0.15, -0.1) is 11.3 Å². The van der Waals surface area contributed by atoms with Gasteiger partial charge in [-0.3, -0.25) is 14.0 Å². The van der Waals surface area contributed by atoms with Crippen molar-refractivity contribution in [3.63, 3.8) is 0 Å². The van der Waals surface area contributed by atoms with Crippen LogP contribution in [0, 0.1) is 0 Å². The van der Waals surface area contributed by atoms with Crippen LogP contribution < -0.4 is 15.6 Å². The quantitative estimate of drug-likeness (QED) is 0.737. The summed E-state index contributed by atoms with van der Waals surface area (Å²) in [6, 6.07) is 6.30. The molecule has 0 spiro atoms. The average Bonchev–Trinajstić information content (AvgIpc) is 3.11. The molecule has 3 aromatic heterocycles. The molecule has 9 heteroatoms. The van der Waals surface area contributed by atoms with Gasteiger partial charge in [0.05, 0.1) is 19.3 Å². The van der Waals surface area contributed by atoms with Crippen LogP contribution in [-0.4, -0.2) is 45.6 Å². The van der Waals surface area contributed by atoms with E-state index in [-0.39, 0.29) is 23.7 Å². The van der Waals surface area contributed by atoms with E-state index in [1.165, 1.54) is 17.4 Å². The maximum atomic E-state index is 12.8. The Labute approximate surface area is 152 Å². The van der Waals surface area contributed by atoms with E-state index in [1.54, 1.807) is 28.2 Å². The summed E-state index contributed by atoms with van der Waals surface area (Å²) < 4.78 is 13.0. The number of thiazole rings is 1. The van der Waals surface area contributed by atoms with Crippen molar-refractivity contribution in [2.24, 2.45) is 0 Å². The van der Waals surface area contributed by atoms with Crippen molar-refractivity contribution in [2.45, 2.75) is 18.6 Å².